The summed E-state index contributed by atoms with van der Waals surface area (Å²) in [6, 6.07) is 7.82. The summed E-state index contributed by atoms with van der Waals surface area (Å²) in [6.07, 6.45) is 5.23. The Bertz CT molecular complexity index is 646. The van der Waals surface area contributed by atoms with Crippen molar-refractivity contribution in [1.82, 2.24) is 9.55 Å². The summed E-state index contributed by atoms with van der Waals surface area (Å²) < 4.78 is 2.06. The van der Waals surface area contributed by atoms with E-state index in [2.05, 4.69) is 15.5 Å². The van der Waals surface area contributed by atoms with Gasteiger partial charge in [0.1, 0.15) is 0 Å². The third kappa shape index (κ3) is 3.71. The number of para-hydroxylation sites is 2. The molecule has 0 amide bonds. The number of carboxylic acids is 1. The van der Waals surface area contributed by atoms with Crippen LogP contribution in [-0.4, -0.2) is 37.9 Å². The van der Waals surface area contributed by atoms with Crippen LogP contribution in [0, 0.1) is 12.3 Å². The lowest BCUT2D eigenvalue weighted by molar-refractivity contribution is -0.133. The Morgan fingerprint density at radius 1 is 1.45 bits per heavy atom. The van der Waals surface area contributed by atoms with Gasteiger partial charge in [0.15, 0.2) is 5.16 Å². The fraction of sp³-hybridized carbons (Fsp3) is 0.286. The van der Waals surface area contributed by atoms with Crippen LogP contribution in [0.25, 0.3) is 11.0 Å². The number of imidazole rings is 1. The van der Waals surface area contributed by atoms with E-state index in [0.29, 0.717) is 5.75 Å². The van der Waals surface area contributed by atoms with Crippen LogP contribution in [-0.2, 0) is 11.3 Å². The lowest BCUT2D eigenvalue weighted by atomic mass is 10.3. The van der Waals surface area contributed by atoms with Crippen molar-refractivity contribution in [1.29, 1.82) is 0 Å². The maximum absolute atomic E-state index is 10.7. The second-order valence-electron chi connectivity index (χ2n) is 3.97. The molecule has 104 valence electrons. The zero-order valence-corrected chi connectivity index (χ0v) is 12.4. The normalized spacial score (nSPS) is 10.6. The first-order chi connectivity index (χ1) is 9.72. The fourth-order valence-corrected chi connectivity index (χ4v) is 3.13. The molecule has 0 radical (unpaired) electrons. The summed E-state index contributed by atoms with van der Waals surface area (Å²) in [7, 11) is 0. The van der Waals surface area contributed by atoms with Gasteiger partial charge in [-0.05, 0) is 12.1 Å². The first-order valence-electron chi connectivity index (χ1n) is 6.03. The number of hydrogen-bond donors (Lipinski definition) is 1. The topological polar surface area (TPSA) is 55.1 Å². The van der Waals surface area contributed by atoms with Crippen LogP contribution in [0.3, 0.4) is 0 Å². The molecule has 1 N–H and O–H groups in total. The van der Waals surface area contributed by atoms with Gasteiger partial charge >= 0.3 is 5.97 Å². The lowest BCUT2D eigenvalue weighted by Gasteiger charge is -2.07. The molecular weight excluding hydrogens is 292 g/mol. The third-order valence-corrected chi connectivity index (χ3v) is 4.39. The molecule has 1 heterocycles. The van der Waals surface area contributed by atoms with E-state index in [4.69, 9.17) is 11.5 Å². The minimum atomic E-state index is -0.838. The number of aromatic nitrogens is 2. The largest absolute Gasteiger partial charge is 0.481 e. The Labute approximate surface area is 126 Å². The Balaban J connectivity index is 2.20. The van der Waals surface area contributed by atoms with Crippen LogP contribution in [0.1, 0.15) is 0 Å². The predicted molar refractivity (Wildman–Crippen MR) is 84.3 cm³/mol. The highest BCUT2D eigenvalue weighted by molar-refractivity contribution is 8.00. The summed E-state index contributed by atoms with van der Waals surface area (Å²) in [4.78, 5) is 15.2. The van der Waals surface area contributed by atoms with Gasteiger partial charge in [-0.1, -0.05) is 29.8 Å². The molecule has 2 rings (SSSR count). The summed E-state index contributed by atoms with van der Waals surface area (Å²) >= 11 is 2.93. The molecule has 4 nitrogen and oxygen atoms in total. The summed E-state index contributed by atoms with van der Waals surface area (Å²) in [5.74, 6) is 3.34. The number of hydrogen-bond acceptors (Lipinski definition) is 4. The average molecular weight is 306 g/mol. The van der Waals surface area contributed by atoms with E-state index in [1.807, 2.05) is 24.3 Å². The number of aliphatic carboxylic acids is 1. The maximum Gasteiger partial charge on any atom is 0.313 e. The van der Waals surface area contributed by atoms with Crippen molar-refractivity contribution in [2.75, 3.05) is 17.3 Å². The predicted octanol–water partition coefficient (Wildman–Crippen LogP) is 2.58. The number of carbonyl (C=O) groups is 1. The van der Waals surface area contributed by atoms with E-state index in [-0.39, 0.29) is 5.75 Å². The number of rotatable bonds is 7. The SMILES string of the molecule is C#CCSCCn1c(SCC(=O)O)nc2ccccc21. The summed E-state index contributed by atoms with van der Waals surface area (Å²) in [6.45, 7) is 0.773. The van der Waals surface area contributed by atoms with Crippen LogP contribution < -0.4 is 0 Å². The molecule has 0 aliphatic rings. The van der Waals surface area contributed by atoms with E-state index in [1.54, 1.807) is 11.8 Å². The number of thioether (sulfide) groups is 2. The maximum atomic E-state index is 10.7. The molecule has 0 saturated carbocycles. The highest BCUT2D eigenvalue weighted by Gasteiger charge is 2.12. The van der Waals surface area contributed by atoms with Crippen LogP contribution in [0.4, 0.5) is 0 Å². The van der Waals surface area contributed by atoms with Gasteiger partial charge in [-0.2, -0.15) is 0 Å². The standard InChI is InChI=1S/C14H14N2O2S2/c1-2-8-19-9-7-16-12-6-4-3-5-11(12)15-14(16)20-10-13(17)18/h1,3-6H,7-10H2,(H,17,18). The minimum absolute atomic E-state index is 0.0147. The lowest BCUT2D eigenvalue weighted by Crippen LogP contribution is -2.05. The fourth-order valence-electron chi connectivity index (χ4n) is 1.79. The zero-order chi connectivity index (χ0) is 14.4. The Hall–Kier alpha value is -1.58. The molecule has 0 aliphatic heterocycles. The molecular formula is C14H14N2O2S2. The highest BCUT2D eigenvalue weighted by Crippen LogP contribution is 2.24. The molecule has 0 atom stereocenters. The molecule has 20 heavy (non-hydrogen) atoms. The molecule has 0 spiro atoms. The minimum Gasteiger partial charge on any atom is -0.481 e. The first-order valence-corrected chi connectivity index (χ1v) is 8.17. The molecule has 0 saturated heterocycles. The van der Waals surface area contributed by atoms with Crippen LogP contribution >= 0.6 is 23.5 Å². The van der Waals surface area contributed by atoms with Gasteiger partial charge in [0.05, 0.1) is 22.5 Å². The van der Waals surface area contributed by atoms with Gasteiger partial charge in [0.25, 0.3) is 0 Å². The van der Waals surface area contributed by atoms with Gasteiger partial charge < -0.3 is 9.67 Å². The van der Waals surface area contributed by atoms with Crippen LogP contribution in [0.5, 0.6) is 0 Å². The molecule has 0 fully saturated rings. The monoisotopic (exact) mass is 306 g/mol. The van der Waals surface area contributed by atoms with E-state index in [1.165, 1.54) is 11.8 Å². The number of aryl methyl sites for hydroxylation is 1. The molecule has 6 heteroatoms. The Morgan fingerprint density at radius 3 is 3.00 bits per heavy atom. The summed E-state index contributed by atoms with van der Waals surface area (Å²) in [5.41, 5.74) is 1.92. The van der Waals surface area contributed by atoms with Crippen molar-refractivity contribution in [3.8, 4) is 12.3 Å². The molecule has 0 unspecified atom stereocenters. The van der Waals surface area contributed by atoms with E-state index < -0.39 is 5.97 Å². The van der Waals surface area contributed by atoms with Crippen LogP contribution in [0.2, 0.25) is 0 Å². The van der Waals surface area contributed by atoms with Crippen LogP contribution in [0.15, 0.2) is 29.4 Å². The van der Waals surface area contributed by atoms with Crippen molar-refractivity contribution in [2.24, 2.45) is 0 Å². The molecule has 1 aromatic heterocycles. The zero-order valence-electron chi connectivity index (χ0n) is 10.8. The number of terminal acetylenes is 1. The Kier molecular flexibility index (Phi) is 5.39. The molecule has 1 aromatic carbocycles. The summed E-state index contributed by atoms with van der Waals surface area (Å²) in [5, 5.41) is 9.55. The van der Waals surface area contributed by atoms with Gasteiger partial charge in [0, 0.05) is 12.3 Å². The van der Waals surface area contributed by atoms with Crippen molar-refractivity contribution in [3.63, 3.8) is 0 Å². The smallest absolute Gasteiger partial charge is 0.313 e. The van der Waals surface area contributed by atoms with E-state index in [0.717, 1.165) is 28.5 Å². The first kappa shape index (κ1) is 14.8. The molecule has 0 bridgehead atoms. The van der Waals surface area contributed by atoms with Gasteiger partial charge in [-0.3, -0.25) is 4.79 Å². The second kappa shape index (κ2) is 7.27. The van der Waals surface area contributed by atoms with Crippen molar-refractivity contribution in [2.45, 2.75) is 11.7 Å². The van der Waals surface area contributed by atoms with E-state index in [9.17, 15) is 4.79 Å². The third-order valence-electron chi connectivity index (χ3n) is 2.59. The number of nitrogens with zero attached hydrogens (tertiary/aromatic N) is 2. The second-order valence-corrected chi connectivity index (χ2v) is 6.02. The number of carboxylic acid groups (broad SMARTS) is 1. The van der Waals surface area contributed by atoms with Gasteiger partial charge in [0.2, 0.25) is 0 Å². The quantitative estimate of drug-likeness (QED) is 0.484. The number of benzene rings is 1. The molecule has 2 aromatic rings. The van der Waals surface area contributed by atoms with E-state index >= 15 is 0 Å². The number of fused-ring (bicyclic) bond motifs is 1. The van der Waals surface area contributed by atoms with Crippen molar-refractivity contribution >= 4 is 40.5 Å². The van der Waals surface area contributed by atoms with Crippen molar-refractivity contribution < 1.29 is 9.90 Å². The van der Waals surface area contributed by atoms with Gasteiger partial charge in [-0.15, -0.1) is 18.2 Å². The highest BCUT2D eigenvalue weighted by atomic mass is 32.2. The molecule has 0 aliphatic carbocycles. The Morgan fingerprint density at radius 2 is 2.25 bits per heavy atom. The average Bonchev–Trinajstić information content (AvgIpc) is 2.79. The van der Waals surface area contributed by atoms with Crippen molar-refractivity contribution in [3.05, 3.63) is 24.3 Å². The van der Waals surface area contributed by atoms with Gasteiger partial charge in [-0.25, -0.2) is 4.98 Å².